The Balaban J connectivity index is 5.64. The Hall–Kier alpha value is -1.00. The van der Waals surface area contributed by atoms with E-state index in [0.29, 0.717) is 25.7 Å². The third-order valence-electron chi connectivity index (χ3n) is 3.49. The van der Waals surface area contributed by atoms with E-state index < -0.39 is 53.7 Å². The summed E-state index contributed by atoms with van der Waals surface area (Å²) in [6.07, 6.45) is 2.74. The molecule has 0 fully saturated rings. The molecule has 0 radical (unpaired) electrons. The van der Waals surface area contributed by atoms with Gasteiger partial charge >= 0.3 is 0 Å². The number of hydrogen-bond donors (Lipinski definition) is 2. The number of hydrogen-bond acceptors (Lipinski definition) is 7. The van der Waals surface area contributed by atoms with Crippen LogP contribution in [0, 0.1) is 0 Å². The predicted molar refractivity (Wildman–Crippen MR) is 88.2 cm³/mol. The smallest absolute Gasteiger partial charge is 0.246 e. The van der Waals surface area contributed by atoms with E-state index in [-0.39, 0.29) is 0 Å². The molecule has 1 amide bonds. The van der Waals surface area contributed by atoms with Crippen LogP contribution in [0.15, 0.2) is 0 Å². The summed E-state index contributed by atoms with van der Waals surface area (Å²) >= 11 is 0. The number of carbonyl (C=O) groups is 2. The molecule has 10 heteroatoms. The van der Waals surface area contributed by atoms with E-state index in [1.165, 1.54) is 0 Å². The largest absolute Gasteiger partial charge is 0.368 e. The SMILES string of the molecule is CCCC(CCC)S(=O)(=O)CC(N)(C(N)=O)C(=O)CS(C)(=O)=O. The Morgan fingerprint density at radius 1 is 1.04 bits per heavy atom. The molecular weight excluding hydrogens is 344 g/mol. The number of carbonyl (C=O) groups excluding carboxylic acids is 2. The van der Waals surface area contributed by atoms with Gasteiger partial charge in [0.15, 0.2) is 31.0 Å². The summed E-state index contributed by atoms with van der Waals surface area (Å²) < 4.78 is 47.5. The van der Waals surface area contributed by atoms with Gasteiger partial charge in [0.25, 0.3) is 0 Å². The molecule has 1 atom stereocenters. The Labute approximate surface area is 137 Å². The molecule has 0 rings (SSSR count). The van der Waals surface area contributed by atoms with Gasteiger partial charge in [0.2, 0.25) is 5.91 Å². The topological polar surface area (TPSA) is 154 Å². The van der Waals surface area contributed by atoms with Crippen molar-refractivity contribution < 1.29 is 26.4 Å². The summed E-state index contributed by atoms with van der Waals surface area (Å²) in [5.41, 5.74) is 8.20. The third-order valence-corrected chi connectivity index (χ3v) is 6.62. The van der Waals surface area contributed by atoms with Gasteiger partial charge in [-0.1, -0.05) is 26.7 Å². The molecule has 0 saturated carbocycles. The molecule has 0 saturated heterocycles. The maximum atomic E-state index is 12.5. The fourth-order valence-electron chi connectivity index (χ4n) is 2.24. The summed E-state index contributed by atoms with van der Waals surface area (Å²) in [7, 11) is -7.66. The number of ketones is 1. The highest BCUT2D eigenvalue weighted by Crippen LogP contribution is 2.20. The van der Waals surface area contributed by atoms with Crippen molar-refractivity contribution in [3.05, 3.63) is 0 Å². The number of sulfone groups is 2. The molecule has 4 N–H and O–H groups in total. The summed E-state index contributed by atoms with van der Waals surface area (Å²) in [4.78, 5) is 23.7. The van der Waals surface area contributed by atoms with Crippen molar-refractivity contribution in [2.75, 3.05) is 17.8 Å². The molecule has 136 valence electrons. The van der Waals surface area contributed by atoms with Crippen LogP contribution in [0.1, 0.15) is 39.5 Å². The summed E-state index contributed by atoms with van der Waals surface area (Å²) in [5.74, 6) is -4.56. The highest BCUT2D eigenvalue weighted by molar-refractivity contribution is 7.92. The van der Waals surface area contributed by atoms with E-state index in [4.69, 9.17) is 11.5 Å². The zero-order valence-electron chi connectivity index (χ0n) is 13.7. The van der Waals surface area contributed by atoms with E-state index in [1.807, 2.05) is 13.8 Å². The third kappa shape index (κ3) is 6.56. The standard InChI is InChI=1S/C13H26N2O6S2/c1-4-6-10(7-5-2)23(20,21)9-13(15,12(14)17)11(16)8-22(3,18)19/h10H,4-9,15H2,1-3H3,(H2,14,17). The van der Waals surface area contributed by atoms with E-state index in [1.54, 1.807) is 0 Å². The fraction of sp³-hybridized carbons (Fsp3) is 0.846. The fourth-order valence-corrected chi connectivity index (χ4v) is 5.34. The van der Waals surface area contributed by atoms with Crippen LogP contribution in [0.3, 0.4) is 0 Å². The highest BCUT2D eigenvalue weighted by atomic mass is 32.2. The van der Waals surface area contributed by atoms with Crippen molar-refractivity contribution in [1.29, 1.82) is 0 Å². The summed E-state index contributed by atoms with van der Waals surface area (Å²) in [6.45, 7) is 3.63. The lowest BCUT2D eigenvalue weighted by Gasteiger charge is -2.26. The van der Waals surface area contributed by atoms with Crippen molar-refractivity contribution in [3.8, 4) is 0 Å². The first-order chi connectivity index (χ1) is 10.3. The Morgan fingerprint density at radius 3 is 1.78 bits per heavy atom. The highest BCUT2D eigenvalue weighted by Gasteiger charge is 2.46. The van der Waals surface area contributed by atoms with Crippen LogP contribution >= 0.6 is 0 Å². The second-order valence-electron chi connectivity index (χ2n) is 5.84. The average Bonchev–Trinajstić information content (AvgIpc) is 2.35. The van der Waals surface area contributed by atoms with Crippen molar-refractivity contribution in [3.63, 3.8) is 0 Å². The molecule has 23 heavy (non-hydrogen) atoms. The second kappa shape index (κ2) is 8.20. The van der Waals surface area contributed by atoms with Crippen molar-refractivity contribution in [1.82, 2.24) is 0 Å². The van der Waals surface area contributed by atoms with Crippen LogP contribution in [0.5, 0.6) is 0 Å². The van der Waals surface area contributed by atoms with Gasteiger partial charge in [-0.3, -0.25) is 9.59 Å². The number of nitrogens with two attached hydrogens (primary N) is 2. The number of Topliss-reactive ketones (excluding diaryl/α,β-unsaturated/α-hetero) is 1. The van der Waals surface area contributed by atoms with Crippen LogP contribution in [0.4, 0.5) is 0 Å². The maximum absolute atomic E-state index is 12.5. The van der Waals surface area contributed by atoms with Gasteiger partial charge in [0.1, 0.15) is 5.75 Å². The lowest BCUT2D eigenvalue weighted by molar-refractivity contribution is -0.131. The molecule has 0 spiro atoms. The Kier molecular flexibility index (Phi) is 7.85. The molecule has 0 bridgehead atoms. The van der Waals surface area contributed by atoms with Crippen LogP contribution in [-0.4, -0.2) is 57.1 Å². The van der Waals surface area contributed by atoms with Gasteiger partial charge in [0, 0.05) is 6.26 Å². The van der Waals surface area contributed by atoms with E-state index in [9.17, 15) is 26.4 Å². The van der Waals surface area contributed by atoms with Crippen LogP contribution in [-0.2, 0) is 29.3 Å². The van der Waals surface area contributed by atoms with Crippen LogP contribution in [0.2, 0.25) is 0 Å². The van der Waals surface area contributed by atoms with Crippen LogP contribution < -0.4 is 11.5 Å². The molecule has 1 unspecified atom stereocenters. The van der Waals surface area contributed by atoms with Crippen LogP contribution in [0.25, 0.3) is 0 Å². The molecule has 0 aliphatic rings. The van der Waals surface area contributed by atoms with E-state index in [0.717, 1.165) is 6.26 Å². The molecule has 0 aliphatic heterocycles. The van der Waals surface area contributed by atoms with E-state index >= 15 is 0 Å². The van der Waals surface area contributed by atoms with Crippen molar-refractivity contribution in [2.24, 2.45) is 11.5 Å². The summed E-state index contributed by atoms with van der Waals surface area (Å²) in [6, 6.07) is 0. The van der Waals surface area contributed by atoms with Gasteiger partial charge in [-0.25, -0.2) is 16.8 Å². The summed E-state index contributed by atoms with van der Waals surface area (Å²) in [5, 5.41) is -0.745. The first-order valence-corrected chi connectivity index (χ1v) is 11.1. The first-order valence-electron chi connectivity index (χ1n) is 7.31. The normalized spacial score (nSPS) is 15.3. The van der Waals surface area contributed by atoms with Gasteiger partial charge in [0.05, 0.1) is 11.0 Å². The van der Waals surface area contributed by atoms with Crippen molar-refractivity contribution >= 4 is 31.4 Å². The molecule has 0 aromatic carbocycles. The quantitative estimate of drug-likeness (QED) is 0.450. The van der Waals surface area contributed by atoms with E-state index in [2.05, 4.69) is 0 Å². The zero-order valence-corrected chi connectivity index (χ0v) is 15.4. The van der Waals surface area contributed by atoms with Gasteiger partial charge < -0.3 is 11.5 Å². The van der Waals surface area contributed by atoms with Gasteiger partial charge in [-0.2, -0.15) is 0 Å². The second-order valence-corrected chi connectivity index (χ2v) is 10.3. The Morgan fingerprint density at radius 2 is 1.48 bits per heavy atom. The molecule has 8 nitrogen and oxygen atoms in total. The average molecular weight is 370 g/mol. The first kappa shape index (κ1) is 22.0. The molecular formula is C13H26N2O6S2. The number of amides is 1. The minimum absolute atomic E-state index is 0.366. The predicted octanol–water partition coefficient (Wildman–Crippen LogP) is -0.833. The molecule has 0 aromatic rings. The lowest BCUT2D eigenvalue weighted by atomic mass is 9.98. The molecule has 0 aromatic heterocycles. The molecule has 0 heterocycles. The Bertz CT molecular complexity index is 635. The number of primary amides is 1. The lowest BCUT2D eigenvalue weighted by Crippen LogP contribution is -2.64. The molecule has 0 aliphatic carbocycles. The number of rotatable bonds is 11. The van der Waals surface area contributed by atoms with Gasteiger partial charge in [-0.15, -0.1) is 0 Å². The maximum Gasteiger partial charge on any atom is 0.246 e. The van der Waals surface area contributed by atoms with Gasteiger partial charge in [-0.05, 0) is 12.8 Å². The minimum Gasteiger partial charge on any atom is -0.368 e. The zero-order chi connectivity index (χ0) is 18.5. The monoisotopic (exact) mass is 370 g/mol. The van der Waals surface area contributed by atoms with Crippen molar-refractivity contribution in [2.45, 2.75) is 50.3 Å². The minimum atomic E-state index is -3.89.